The highest BCUT2D eigenvalue weighted by atomic mass is 79.9. The van der Waals surface area contributed by atoms with E-state index in [-0.39, 0.29) is 6.04 Å². The molecule has 0 aliphatic heterocycles. The summed E-state index contributed by atoms with van der Waals surface area (Å²) in [6.45, 7) is 0. The Kier molecular flexibility index (Phi) is 4.42. The highest BCUT2D eigenvalue weighted by molar-refractivity contribution is 9.10. The number of nitrogens with one attached hydrogen (secondary N) is 1. The fourth-order valence-electron chi connectivity index (χ4n) is 1.81. The van der Waals surface area contributed by atoms with Gasteiger partial charge in [0, 0.05) is 16.1 Å². The van der Waals surface area contributed by atoms with E-state index in [1.54, 1.807) is 6.26 Å². The molecule has 0 spiro atoms. The molecule has 1 N–H and O–H groups in total. The molecule has 0 aliphatic carbocycles. The third-order valence-electron chi connectivity index (χ3n) is 2.75. The van der Waals surface area contributed by atoms with Crippen molar-refractivity contribution in [2.75, 3.05) is 7.05 Å². The van der Waals surface area contributed by atoms with Crippen molar-refractivity contribution in [3.05, 3.63) is 56.9 Å². The Balaban J connectivity index is 2.22. The van der Waals surface area contributed by atoms with Crippen molar-refractivity contribution in [3.8, 4) is 0 Å². The molecule has 1 atom stereocenters. The van der Waals surface area contributed by atoms with Crippen LogP contribution in [-0.4, -0.2) is 7.05 Å². The van der Waals surface area contributed by atoms with Crippen LogP contribution in [0.2, 0.25) is 0 Å². The van der Waals surface area contributed by atoms with Crippen LogP contribution in [0.1, 0.15) is 17.2 Å². The quantitative estimate of drug-likeness (QED) is 0.880. The van der Waals surface area contributed by atoms with Crippen molar-refractivity contribution in [3.63, 3.8) is 0 Å². The van der Waals surface area contributed by atoms with Crippen molar-refractivity contribution in [2.24, 2.45) is 0 Å². The predicted octanol–water partition coefficient (Wildman–Crippen LogP) is 4.31. The lowest BCUT2D eigenvalue weighted by Crippen LogP contribution is -2.18. The fraction of sp³-hybridized carbons (Fsp3) is 0.231. The van der Waals surface area contributed by atoms with Gasteiger partial charge in [-0.05, 0) is 47.1 Å². The van der Waals surface area contributed by atoms with E-state index in [2.05, 4.69) is 55.4 Å². The van der Waals surface area contributed by atoms with Crippen LogP contribution in [-0.2, 0) is 6.42 Å². The second-order valence-corrected chi connectivity index (χ2v) is 5.36. The summed E-state index contributed by atoms with van der Waals surface area (Å²) in [5.41, 5.74) is 2.42. The van der Waals surface area contributed by atoms with Crippen LogP contribution in [0, 0.1) is 0 Å². The van der Waals surface area contributed by atoms with Crippen LogP contribution in [0.4, 0.5) is 0 Å². The molecule has 1 unspecified atom stereocenters. The first kappa shape index (κ1) is 12.9. The third kappa shape index (κ3) is 3.00. The van der Waals surface area contributed by atoms with E-state index in [0.717, 1.165) is 21.1 Å². The van der Waals surface area contributed by atoms with Crippen molar-refractivity contribution in [1.29, 1.82) is 0 Å². The molecule has 0 fully saturated rings. The average Bonchev–Trinajstić information content (AvgIpc) is 2.75. The molecule has 0 radical (unpaired) electrons. The molecular weight excluding hydrogens is 346 g/mol. The average molecular weight is 359 g/mol. The van der Waals surface area contributed by atoms with E-state index < -0.39 is 0 Å². The highest BCUT2D eigenvalue weighted by Gasteiger charge is 2.16. The van der Waals surface area contributed by atoms with Crippen LogP contribution >= 0.6 is 31.9 Å². The molecule has 4 heteroatoms. The van der Waals surface area contributed by atoms with Crippen LogP contribution in [0.3, 0.4) is 0 Å². The lowest BCUT2D eigenvalue weighted by Gasteiger charge is -2.16. The molecule has 2 rings (SSSR count). The highest BCUT2D eigenvalue weighted by Crippen LogP contribution is 2.28. The number of hydrogen-bond donors (Lipinski definition) is 1. The zero-order valence-corrected chi connectivity index (χ0v) is 12.6. The van der Waals surface area contributed by atoms with Gasteiger partial charge in [-0.25, -0.2) is 0 Å². The smallest absolute Gasteiger partial charge is 0.173 e. The summed E-state index contributed by atoms with van der Waals surface area (Å²) in [4.78, 5) is 0. The minimum absolute atomic E-state index is 0.238. The molecule has 2 aromatic rings. The molecule has 2 nitrogen and oxygen atoms in total. The van der Waals surface area contributed by atoms with E-state index >= 15 is 0 Å². The molecule has 1 heterocycles. The van der Waals surface area contributed by atoms with Gasteiger partial charge in [-0.3, -0.25) is 0 Å². The van der Waals surface area contributed by atoms with Crippen molar-refractivity contribution >= 4 is 31.9 Å². The maximum atomic E-state index is 5.28. The number of halogens is 2. The molecule has 90 valence electrons. The van der Waals surface area contributed by atoms with Gasteiger partial charge in [0.25, 0.3) is 0 Å². The van der Waals surface area contributed by atoms with Gasteiger partial charge in [0.1, 0.15) is 0 Å². The first-order valence-electron chi connectivity index (χ1n) is 5.36. The molecule has 1 aromatic carbocycles. The Bertz CT molecular complexity index is 496. The van der Waals surface area contributed by atoms with E-state index in [0.29, 0.717) is 0 Å². The Morgan fingerprint density at radius 3 is 2.59 bits per heavy atom. The molecule has 17 heavy (non-hydrogen) atoms. The number of rotatable bonds is 4. The lowest BCUT2D eigenvalue weighted by atomic mass is 10.0. The first-order chi connectivity index (χ1) is 8.22. The summed E-state index contributed by atoms with van der Waals surface area (Å²) in [5, 5.41) is 3.31. The maximum absolute atomic E-state index is 5.28. The molecule has 1 aromatic heterocycles. The zero-order chi connectivity index (χ0) is 12.3. The standard InChI is InChI=1S/C13H13Br2NO/c1-16-12(10-6-7-17-13(10)15)8-9-4-2-3-5-11(9)14/h2-7,12,16H,8H2,1H3. The molecule has 0 amide bonds. The van der Waals surface area contributed by atoms with Crippen LogP contribution in [0.25, 0.3) is 0 Å². The minimum atomic E-state index is 0.238. The Hall–Kier alpha value is -0.580. The summed E-state index contributed by atoms with van der Waals surface area (Å²) < 4.78 is 7.21. The normalized spacial score (nSPS) is 12.6. The third-order valence-corrected chi connectivity index (χ3v) is 4.17. The van der Waals surface area contributed by atoms with Gasteiger partial charge in [0.15, 0.2) is 4.67 Å². The SMILES string of the molecule is CNC(Cc1ccccc1Br)c1ccoc1Br. The predicted molar refractivity (Wildman–Crippen MR) is 76.1 cm³/mol. The second-order valence-electron chi connectivity index (χ2n) is 3.79. The maximum Gasteiger partial charge on any atom is 0.173 e. The monoisotopic (exact) mass is 357 g/mol. The van der Waals surface area contributed by atoms with Crippen LogP contribution in [0.5, 0.6) is 0 Å². The summed E-state index contributed by atoms with van der Waals surface area (Å²) in [7, 11) is 1.96. The molecule has 0 aliphatic rings. The summed E-state index contributed by atoms with van der Waals surface area (Å²) in [6, 6.07) is 10.5. The molecule has 0 saturated heterocycles. The molecular formula is C13H13Br2NO. The van der Waals surface area contributed by atoms with Crippen molar-refractivity contribution in [2.45, 2.75) is 12.5 Å². The van der Waals surface area contributed by atoms with E-state index in [9.17, 15) is 0 Å². The van der Waals surface area contributed by atoms with Gasteiger partial charge in [-0.15, -0.1) is 0 Å². The van der Waals surface area contributed by atoms with Gasteiger partial charge < -0.3 is 9.73 Å². The van der Waals surface area contributed by atoms with E-state index in [1.807, 2.05) is 19.2 Å². The van der Waals surface area contributed by atoms with Crippen LogP contribution < -0.4 is 5.32 Å². The number of likely N-dealkylation sites (N-methyl/N-ethyl adjacent to an activating group) is 1. The minimum Gasteiger partial charge on any atom is -0.457 e. The van der Waals surface area contributed by atoms with Gasteiger partial charge in [0.2, 0.25) is 0 Å². The van der Waals surface area contributed by atoms with E-state index in [4.69, 9.17) is 4.42 Å². The molecule has 0 bridgehead atoms. The largest absolute Gasteiger partial charge is 0.457 e. The van der Waals surface area contributed by atoms with Gasteiger partial charge >= 0.3 is 0 Å². The van der Waals surface area contributed by atoms with Crippen LogP contribution in [0.15, 0.2) is 50.2 Å². The van der Waals surface area contributed by atoms with Gasteiger partial charge in [-0.2, -0.15) is 0 Å². The number of hydrogen-bond acceptors (Lipinski definition) is 2. The fourth-order valence-corrected chi connectivity index (χ4v) is 2.77. The summed E-state index contributed by atoms with van der Waals surface area (Å²) in [6.07, 6.45) is 2.61. The van der Waals surface area contributed by atoms with Gasteiger partial charge in [0.05, 0.1) is 6.26 Å². The Morgan fingerprint density at radius 1 is 1.24 bits per heavy atom. The lowest BCUT2D eigenvalue weighted by molar-refractivity contribution is 0.518. The zero-order valence-electron chi connectivity index (χ0n) is 9.41. The Morgan fingerprint density at radius 2 is 2.00 bits per heavy atom. The molecule has 0 saturated carbocycles. The summed E-state index contributed by atoms with van der Waals surface area (Å²) in [5.74, 6) is 0. The topological polar surface area (TPSA) is 25.2 Å². The summed E-state index contributed by atoms with van der Waals surface area (Å²) >= 11 is 6.99. The van der Waals surface area contributed by atoms with Crippen molar-refractivity contribution in [1.82, 2.24) is 5.32 Å². The first-order valence-corrected chi connectivity index (χ1v) is 6.94. The number of furan rings is 1. The van der Waals surface area contributed by atoms with Gasteiger partial charge in [-0.1, -0.05) is 34.1 Å². The second kappa shape index (κ2) is 5.85. The Labute approximate surface area is 118 Å². The van der Waals surface area contributed by atoms with Crippen molar-refractivity contribution < 1.29 is 4.42 Å². The van der Waals surface area contributed by atoms with E-state index in [1.165, 1.54) is 5.56 Å². The number of benzene rings is 1.